The zero-order valence-electron chi connectivity index (χ0n) is 13.8. The third kappa shape index (κ3) is 4.11. The molecule has 1 amide bonds. The number of nitrogens with one attached hydrogen (secondary N) is 1. The molecule has 140 valence electrons. The third-order valence-corrected chi connectivity index (χ3v) is 3.27. The molecule has 0 bridgehead atoms. The van der Waals surface area contributed by atoms with E-state index in [1.165, 1.54) is 0 Å². The number of hydrogen-bond donors (Lipinski definition) is 3. The SMILES string of the molecule is CC(C)(C)OC(=O)Nc1ccn(C2OC(CO)C(O)C2(F)F)c(=O)n1. The molecule has 3 atom stereocenters. The predicted molar refractivity (Wildman–Crippen MR) is 80.3 cm³/mol. The van der Waals surface area contributed by atoms with Gasteiger partial charge in [-0.2, -0.15) is 13.8 Å². The van der Waals surface area contributed by atoms with Crippen molar-refractivity contribution in [2.75, 3.05) is 11.9 Å². The molecule has 0 radical (unpaired) electrons. The van der Waals surface area contributed by atoms with E-state index in [-0.39, 0.29) is 5.82 Å². The lowest BCUT2D eigenvalue weighted by molar-refractivity contribution is -0.140. The van der Waals surface area contributed by atoms with E-state index in [4.69, 9.17) is 14.6 Å². The lowest BCUT2D eigenvalue weighted by Gasteiger charge is -2.21. The van der Waals surface area contributed by atoms with Gasteiger partial charge in [0.1, 0.15) is 17.5 Å². The van der Waals surface area contributed by atoms with Crippen LogP contribution >= 0.6 is 0 Å². The van der Waals surface area contributed by atoms with E-state index in [1.54, 1.807) is 20.8 Å². The molecule has 1 fully saturated rings. The number of ether oxygens (including phenoxy) is 2. The summed E-state index contributed by atoms with van der Waals surface area (Å²) in [6.45, 7) is 4.08. The van der Waals surface area contributed by atoms with Crippen LogP contribution in [0, 0.1) is 0 Å². The minimum Gasteiger partial charge on any atom is -0.444 e. The van der Waals surface area contributed by atoms with E-state index in [0.717, 1.165) is 12.3 Å². The van der Waals surface area contributed by atoms with Crippen LogP contribution < -0.4 is 11.0 Å². The summed E-state index contributed by atoms with van der Waals surface area (Å²) in [6, 6.07) is 1.10. The summed E-state index contributed by atoms with van der Waals surface area (Å²) < 4.78 is 38.4. The Morgan fingerprint density at radius 1 is 1.52 bits per heavy atom. The van der Waals surface area contributed by atoms with Crippen LogP contribution in [0.3, 0.4) is 0 Å². The highest BCUT2D eigenvalue weighted by Crippen LogP contribution is 2.41. The zero-order chi connectivity index (χ0) is 19.0. The van der Waals surface area contributed by atoms with Gasteiger partial charge in [0.05, 0.1) is 6.61 Å². The normalized spacial score (nSPS) is 25.6. The van der Waals surface area contributed by atoms with Crippen LogP contribution in [-0.2, 0) is 9.47 Å². The minimum atomic E-state index is -3.81. The number of carbonyl (C=O) groups excluding carboxylic acids is 1. The van der Waals surface area contributed by atoms with Crippen LogP contribution in [0.4, 0.5) is 19.4 Å². The predicted octanol–water partition coefficient (Wildman–Crippen LogP) is 0.476. The van der Waals surface area contributed by atoms with E-state index in [0.29, 0.717) is 4.57 Å². The molecule has 1 aliphatic heterocycles. The first-order valence-electron chi connectivity index (χ1n) is 7.37. The second-order valence-corrected chi connectivity index (χ2v) is 6.46. The Bertz CT molecular complexity index is 703. The molecule has 0 saturated carbocycles. The van der Waals surface area contributed by atoms with Crippen molar-refractivity contribution >= 4 is 11.9 Å². The van der Waals surface area contributed by atoms with E-state index in [2.05, 4.69) is 10.3 Å². The van der Waals surface area contributed by atoms with Crippen LogP contribution in [-0.4, -0.2) is 56.2 Å². The summed E-state index contributed by atoms with van der Waals surface area (Å²) in [7, 11) is 0. The van der Waals surface area contributed by atoms with E-state index < -0.39 is 48.3 Å². The maximum atomic E-state index is 14.0. The van der Waals surface area contributed by atoms with Gasteiger partial charge >= 0.3 is 17.7 Å². The average molecular weight is 363 g/mol. The first-order valence-corrected chi connectivity index (χ1v) is 7.37. The number of nitrogens with zero attached hydrogens (tertiary/aromatic N) is 2. The highest BCUT2D eigenvalue weighted by molar-refractivity contribution is 5.83. The Hall–Kier alpha value is -2.11. The van der Waals surface area contributed by atoms with Crippen LogP contribution in [0.5, 0.6) is 0 Å². The Kier molecular flexibility index (Phi) is 5.11. The molecule has 3 unspecified atom stereocenters. The summed E-state index contributed by atoms with van der Waals surface area (Å²) >= 11 is 0. The monoisotopic (exact) mass is 363 g/mol. The zero-order valence-corrected chi connectivity index (χ0v) is 13.8. The molecule has 9 nitrogen and oxygen atoms in total. The fourth-order valence-corrected chi connectivity index (χ4v) is 2.19. The van der Waals surface area contributed by atoms with Crippen LogP contribution in [0.15, 0.2) is 17.1 Å². The van der Waals surface area contributed by atoms with Crippen molar-refractivity contribution in [2.45, 2.75) is 50.7 Å². The molecular formula is C14H19F2N3O6. The molecule has 1 aromatic rings. The molecular weight excluding hydrogens is 344 g/mol. The fraction of sp³-hybridized carbons (Fsp3) is 0.643. The molecule has 0 spiro atoms. The highest BCUT2D eigenvalue weighted by Gasteiger charge is 2.59. The van der Waals surface area contributed by atoms with Crippen LogP contribution in [0.2, 0.25) is 0 Å². The van der Waals surface area contributed by atoms with Gasteiger partial charge in [0.15, 0.2) is 6.10 Å². The number of aliphatic hydroxyl groups is 2. The number of aliphatic hydroxyl groups excluding tert-OH is 2. The standard InChI is InChI=1S/C14H19F2N3O6/c1-13(2,3)25-12(23)18-8-4-5-19(11(22)17-8)10-14(15,16)9(21)7(6-20)24-10/h4-5,7,9-10,20-21H,6H2,1-3H3,(H,17,18,22,23). The summed E-state index contributed by atoms with van der Waals surface area (Å²) in [6.07, 6.45) is -5.86. The number of amides is 1. The van der Waals surface area contributed by atoms with Crippen LogP contribution in [0.1, 0.15) is 27.0 Å². The Morgan fingerprint density at radius 2 is 2.16 bits per heavy atom. The average Bonchev–Trinajstić information content (AvgIpc) is 2.68. The minimum absolute atomic E-state index is 0.198. The maximum absolute atomic E-state index is 14.0. The van der Waals surface area contributed by atoms with Crippen LogP contribution in [0.25, 0.3) is 0 Å². The summed E-state index contributed by atoms with van der Waals surface area (Å²) in [5.74, 6) is -4.00. The molecule has 1 aliphatic rings. The lowest BCUT2D eigenvalue weighted by Crippen LogP contribution is -2.41. The number of halogens is 2. The van der Waals surface area contributed by atoms with Gasteiger partial charge < -0.3 is 19.7 Å². The van der Waals surface area contributed by atoms with Gasteiger partial charge in [-0.1, -0.05) is 0 Å². The topological polar surface area (TPSA) is 123 Å². The number of alkyl halides is 2. The van der Waals surface area contributed by atoms with Crippen molar-refractivity contribution in [2.24, 2.45) is 0 Å². The molecule has 3 N–H and O–H groups in total. The Balaban J connectivity index is 2.20. The van der Waals surface area contributed by atoms with E-state index in [9.17, 15) is 23.5 Å². The van der Waals surface area contributed by atoms with Crippen molar-refractivity contribution in [3.63, 3.8) is 0 Å². The molecule has 11 heteroatoms. The molecule has 0 aliphatic carbocycles. The van der Waals surface area contributed by atoms with Crippen molar-refractivity contribution < 1.29 is 33.3 Å². The number of anilines is 1. The first-order chi connectivity index (χ1) is 11.5. The van der Waals surface area contributed by atoms with Gasteiger partial charge in [0, 0.05) is 6.20 Å². The first kappa shape index (κ1) is 19.2. The summed E-state index contributed by atoms with van der Waals surface area (Å²) in [4.78, 5) is 27.1. The third-order valence-electron chi connectivity index (χ3n) is 3.27. The van der Waals surface area contributed by atoms with Gasteiger partial charge in [-0.15, -0.1) is 0 Å². The smallest absolute Gasteiger partial charge is 0.413 e. The molecule has 2 rings (SSSR count). The lowest BCUT2D eigenvalue weighted by atomic mass is 10.1. The quantitative estimate of drug-likeness (QED) is 0.713. The van der Waals surface area contributed by atoms with Gasteiger partial charge in [-0.25, -0.2) is 9.59 Å². The van der Waals surface area contributed by atoms with Crippen molar-refractivity contribution in [1.29, 1.82) is 0 Å². The molecule has 1 saturated heterocycles. The molecule has 25 heavy (non-hydrogen) atoms. The molecule has 0 aromatic carbocycles. The summed E-state index contributed by atoms with van der Waals surface area (Å²) in [5.41, 5.74) is -1.90. The molecule has 2 heterocycles. The second kappa shape index (κ2) is 6.65. The summed E-state index contributed by atoms with van der Waals surface area (Å²) in [5, 5.41) is 20.6. The highest BCUT2D eigenvalue weighted by atomic mass is 19.3. The number of hydrogen-bond acceptors (Lipinski definition) is 7. The molecule has 1 aromatic heterocycles. The number of carbonyl (C=O) groups is 1. The van der Waals surface area contributed by atoms with E-state index >= 15 is 0 Å². The van der Waals surface area contributed by atoms with Gasteiger partial charge in [-0.05, 0) is 26.8 Å². The van der Waals surface area contributed by atoms with Gasteiger partial charge in [0.25, 0.3) is 0 Å². The van der Waals surface area contributed by atoms with Gasteiger partial charge in [0.2, 0.25) is 6.23 Å². The maximum Gasteiger partial charge on any atom is 0.413 e. The van der Waals surface area contributed by atoms with Gasteiger partial charge in [-0.3, -0.25) is 9.88 Å². The second-order valence-electron chi connectivity index (χ2n) is 6.46. The fourth-order valence-electron chi connectivity index (χ4n) is 2.19. The van der Waals surface area contributed by atoms with Crippen molar-refractivity contribution in [3.8, 4) is 0 Å². The number of aromatic nitrogens is 2. The van der Waals surface area contributed by atoms with Crippen molar-refractivity contribution in [3.05, 3.63) is 22.7 Å². The number of rotatable bonds is 3. The van der Waals surface area contributed by atoms with Crippen molar-refractivity contribution in [1.82, 2.24) is 9.55 Å². The largest absolute Gasteiger partial charge is 0.444 e. The van der Waals surface area contributed by atoms with E-state index in [1.807, 2.05) is 0 Å². The Labute approximate surface area is 141 Å². The Morgan fingerprint density at radius 3 is 2.64 bits per heavy atom.